The number of piperidine rings is 1. The number of hydrogen-bond acceptors (Lipinski definition) is 5. The van der Waals surface area contributed by atoms with E-state index in [1.807, 2.05) is 0 Å². The molecule has 1 aliphatic rings. The topological polar surface area (TPSA) is 63.9 Å². The summed E-state index contributed by atoms with van der Waals surface area (Å²) in [7, 11) is 0. The Morgan fingerprint density at radius 3 is 2.43 bits per heavy atom. The van der Waals surface area contributed by atoms with Crippen molar-refractivity contribution in [1.29, 1.82) is 0 Å². The zero-order valence-electron chi connectivity index (χ0n) is 16.1. The van der Waals surface area contributed by atoms with Crippen LogP contribution in [0.4, 0.5) is 19.0 Å². The maximum atomic E-state index is 13.3. The minimum absolute atomic E-state index is 0.0241. The molecule has 4 heterocycles. The number of pyridine rings is 2. The van der Waals surface area contributed by atoms with Gasteiger partial charge in [-0.15, -0.1) is 0 Å². The van der Waals surface area contributed by atoms with Crippen LogP contribution in [-0.4, -0.2) is 32.6 Å². The summed E-state index contributed by atoms with van der Waals surface area (Å²) in [5, 5.41) is 0. The minimum Gasteiger partial charge on any atom is -0.356 e. The predicted molar refractivity (Wildman–Crippen MR) is 106 cm³/mol. The lowest BCUT2D eigenvalue weighted by atomic mass is 9.96. The Bertz CT molecular complexity index is 1060. The summed E-state index contributed by atoms with van der Waals surface area (Å²) >= 11 is 0. The van der Waals surface area contributed by atoms with Crippen LogP contribution >= 0.6 is 0 Å². The summed E-state index contributed by atoms with van der Waals surface area (Å²) in [6.45, 7) is 1.41. The van der Waals surface area contributed by atoms with Crippen molar-refractivity contribution in [2.45, 2.75) is 25.6 Å². The van der Waals surface area contributed by atoms with Gasteiger partial charge in [0.15, 0.2) is 0 Å². The number of alkyl halides is 3. The molecule has 1 aliphatic heterocycles. The molecule has 0 unspecified atom stereocenters. The lowest BCUT2D eigenvalue weighted by Gasteiger charge is -2.34. The molecule has 9 heteroatoms. The molecule has 0 aromatic carbocycles. The maximum absolute atomic E-state index is 13.3. The van der Waals surface area contributed by atoms with E-state index in [4.69, 9.17) is 0 Å². The molecule has 0 amide bonds. The van der Waals surface area contributed by atoms with E-state index in [0.717, 1.165) is 11.6 Å². The van der Waals surface area contributed by atoms with Crippen molar-refractivity contribution >= 4 is 5.82 Å². The first-order chi connectivity index (χ1) is 14.4. The van der Waals surface area contributed by atoms with Crippen LogP contribution in [0.3, 0.4) is 0 Å². The van der Waals surface area contributed by atoms with Gasteiger partial charge >= 0.3 is 6.18 Å². The van der Waals surface area contributed by atoms with Crippen molar-refractivity contribution in [3.63, 3.8) is 0 Å². The van der Waals surface area contributed by atoms with E-state index in [-0.39, 0.29) is 17.3 Å². The Labute approximate surface area is 171 Å². The summed E-state index contributed by atoms with van der Waals surface area (Å²) in [6, 6.07) is 7.43. The van der Waals surface area contributed by atoms with Gasteiger partial charge in [-0.25, -0.2) is 9.97 Å². The molecule has 156 valence electrons. The van der Waals surface area contributed by atoms with Crippen molar-refractivity contribution in [2.75, 3.05) is 18.0 Å². The van der Waals surface area contributed by atoms with Crippen LogP contribution in [0, 0.1) is 5.92 Å². The summed E-state index contributed by atoms with van der Waals surface area (Å²) in [6.07, 6.45) is 3.11. The van der Waals surface area contributed by atoms with Crippen molar-refractivity contribution in [3.05, 3.63) is 71.2 Å². The number of nitrogens with zero attached hydrogens (tertiary/aromatic N) is 5. The van der Waals surface area contributed by atoms with Crippen molar-refractivity contribution < 1.29 is 13.2 Å². The summed E-state index contributed by atoms with van der Waals surface area (Å²) in [5.74, 6) is 0.162. The van der Waals surface area contributed by atoms with E-state index in [9.17, 15) is 18.0 Å². The highest BCUT2D eigenvalue weighted by atomic mass is 19.4. The van der Waals surface area contributed by atoms with Crippen molar-refractivity contribution in [1.82, 2.24) is 19.5 Å². The van der Waals surface area contributed by atoms with Crippen LogP contribution < -0.4 is 10.5 Å². The molecule has 6 nitrogen and oxygen atoms in total. The normalized spacial score (nSPS) is 15.4. The Balaban J connectivity index is 1.42. The minimum atomic E-state index is -4.43. The number of aromatic nitrogens is 4. The van der Waals surface area contributed by atoms with Gasteiger partial charge in [0.2, 0.25) is 0 Å². The fourth-order valence-corrected chi connectivity index (χ4v) is 3.72. The second-order valence-corrected chi connectivity index (χ2v) is 7.30. The van der Waals surface area contributed by atoms with Crippen LogP contribution in [0.15, 0.2) is 60.0 Å². The van der Waals surface area contributed by atoms with Gasteiger partial charge in [-0.2, -0.15) is 13.2 Å². The number of hydrogen-bond donors (Lipinski definition) is 0. The van der Waals surface area contributed by atoms with E-state index in [0.29, 0.717) is 38.2 Å². The highest BCUT2D eigenvalue weighted by Gasteiger charge is 2.36. The van der Waals surface area contributed by atoms with Crippen LogP contribution in [-0.2, 0) is 12.7 Å². The number of halogens is 3. The Morgan fingerprint density at radius 2 is 1.77 bits per heavy atom. The highest BCUT2D eigenvalue weighted by molar-refractivity contribution is 5.57. The third-order valence-electron chi connectivity index (χ3n) is 5.32. The van der Waals surface area contributed by atoms with E-state index < -0.39 is 11.7 Å². The number of anilines is 1. The molecule has 4 rings (SSSR count). The van der Waals surface area contributed by atoms with Gasteiger partial charge in [0.1, 0.15) is 5.82 Å². The Kier molecular flexibility index (Phi) is 5.52. The SMILES string of the molecule is O=c1cc(-c2ccncc2)ncn1CC1CCN(c2ncccc2C(F)(F)F)CC1. The van der Waals surface area contributed by atoms with Crippen LogP contribution in [0.25, 0.3) is 11.3 Å². The zero-order valence-corrected chi connectivity index (χ0v) is 16.1. The molecule has 0 atom stereocenters. The molecule has 0 aliphatic carbocycles. The molecule has 0 radical (unpaired) electrons. The molecule has 1 saturated heterocycles. The Hall–Kier alpha value is -3.23. The molecule has 0 saturated carbocycles. The smallest absolute Gasteiger partial charge is 0.356 e. The largest absolute Gasteiger partial charge is 0.419 e. The molecule has 3 aromatic heterocycles. The van der Waals surface area contributed by atoms with Crippen LogP contribution in [0.5, 0.6) is 0 Å². The van der Waals surface area contributed by atoms with Gasteiger partial charge in [0.25, 0.3) is 5.56 Å². The lowest BCUT2D eigenvalue weighted by Crippen LogP contribution is -2.37. The van der Waals surface area contributed by atoms with E-state index in [1.165, 1.54) is 24.7 Å². The third-order valence-corrected chi connectivity index (χ3v) is 5.32. The average Bonchev–Trinajstić information content (AvgIpc) is 2.76. The zero-order chi connectivity index (χ0) is 21.1. The maximum Gasteiger partial charge on any atom is 0.419 e. The second-order valence-electron chi connectivity index (χ2n) is 7.30. The van der Waals surface area contributed by atoms with Gasteiger partial charge in [-0.1, -0.05) is 0 Å². The number of rotatable bonds is 4. The van der Waals surface area contributed by atoms with Gasteiger partial charge in [-0.05, 0) is 43.0 Å². The monoisotopic (exact) mass is 415 g/mol. The molecule has 1 fully saturated rings. The first-order valence-electron chi connectivity index (χ1n) is 9.66. The summed E-state index contributed by atoms with van der Waals surface area (Å²) in [5.41, 5.74) is 0.542. The molecule has 3 aromatic rings. The van der Waals surface area contributed by atoms with Gasteiger partial charge < -0.3 is 4.90 Å². The highest BCUT2D eigenvalue weighted by Crippen LogP contribution is 2.36. The first-order valence-corrected chi connectivity index (χ1v) is 9.66. The molecule has 0 N–H and O–H groups in total. The summed E-state index contributed by atoms with van der Waals surface area (Å²) in [4.78, 5) is 26.4. The molecular formula is C21H20F3N5O. The molecule has 0 spiro atoms. The quantitative estimate of drug-likeness (QED) is 0.651. The summed E-state index contributed by atoms with van der Waals surface area (Å²) < 4.78 is 41.3. The van der Waals surface area contributed by atoms with Crippen LogP contribution in [0.1, 0.15) is 18.4 Å². The standard InChI is InChI=1S/C21H20F3N5O/c22-21(23,24)17-2-1-7-26-20(17)28-10-5-15(6-11-28)13-29-14-27-18(12-19(29)30)16-3-8-25-9-4-16/h1-4,7-9,12,14-15H,5-6,10-11,13H2. The first kappa shape index (κ1) is 20.1. The van der Waals surface area contributed by atoms with Gasteiger partial charge in [-0.3, -0.25) is 14.3 Å². The van der Waals surface area contributed by atoms with Crippen molar-refractivity contribution in [2.24, 2.45) is 5.92 Å². The third kappa shape index (κ3) is 4.34. The van der Waals surface area contributed by atoms with Crippen molar-refractivity contribution in [3.8, 4) is 11.3 Å². The van der Waals surface area contributed by atoms with E-state index in [2.05, 4.69) is 15.0 Å². The van der Waals surface area contributed by atoms with Crippen LogP contribution in [0.2, 0.25) is 0 Å². The lowest BCUT2D eigenvalue weighted by molar-refractivity contribution is -0.137. The molecule has 0 bridgehead atoms. The van der Waals surface area contributed by atoms with E-state index in [1.54, 1.807) is 34.0 Å². The fourth-order valence-electron chi connectivity index (χ4n) is 3.72. The van der Waals surface area contributed by atoms with E-state index >= 15 is 0 Å². The van der Waals surface area contributed by atoms with Gasteiger partial charge in [0.05, 0.1) is 17.6 Å². The Morgan fingerprint density at radius 1 is 1.03 bits per heavy atom. The predicted octanol–water partition coefficient (Wildman–Crippen LogP) is 3.64. The fraction of sp³-hybridized carbons (Fsp3) is 0.333. The second kappa shape index (κ2) is 8.25. The molecular weight excluding hydrogens is 395 g/mol. The molecule has 30 heavy (non-hydrogen) atoms. The average molecular weight is 415 g/mol. The van der Waals surface area contributed by atoms with Gasteiger partial charge in [0, 0.05) is 49.9 Å².